The molecule has 0 bridgehead atoms. The third kappa shape index (κ3) is 5.71. The van der Waals surface area contributed by atoms with Crippen LogP contribution in [0.4, 0.5) is 14.9 Å². The number of carbonyl (C=O) groups is 3. The van der Waals surface area contributed by atoms with E-state index in [4.69, 9.17) is 4.74 Å². The number of hydrogen-bond acceptors (Lipinski definition) is 5. The van der Waals surface area contributed by atoms with Crippen molar-refractivity contribution in [3.8, 4) is 5.75 Å². The number of rotatable bonds is 7. The number of nitrogens with zero attached hydrogens (tertiary/aromatic N) is 1. The summed E-state index contributed by atoms with van der Waals surface area (Å²) in [6, 6.07) is 20.3. The molecule has 0 aromatic heterocycles. The van der Waals surface area contributed by atoms with E-state index in [-0.39, 0.29) is 29.5 Å². The first-order valence-corrected chi connectivity index (χ1v) is 11.3. The molecule has 6 nitrogen and oxygen atoms in total. The van der Waals surface area contributed by atoms with Crippen LogP contribution in [-0.2, 0) is 16.1 Å². The minimum atomic E-state index is -0.466. The van der Waals surface area contributed by atoms with Crippen molar-refractivity contribution >= 4 is 40.6 Å². The Kier molecular flexibility index (Phi) is 7.08. The Morgan fingerprint density at radius 2 is 1.74 bits per heavy atom. The quantitative estimate of drug-likeness (QED) is 0.463. The van der Waals surface area contributed by atoms with Gasteiger partial charge in [0.25, 0.3) is 17.1 Å². The van der Waals surface area contributed by atoms with E-state index in [0.717, 1.165) is 22.2 Å². The summed E-state index contributed by atoms with van der Waals surface area (Å²) in [5, 5.41) is 2.31. The molecule has 0 atom stereocenters. The number of amides is 3. The highest BCUT2D eigenvalue weighted by Crippen LogP contribution is 2.33. The van der Waals surface area contributed by atoms with Crippen molar-refractivity contribution in [2.75, 3.05) is 11.9 Å². The van der Waals surface area contributed by atoms with Crippen LogP contribution >= 0.6 is 11.8 Å². The van der Waals surface area contributed by atoms with Gasteiger partial charge < -0.3 is 10.1 Å². The molecule has 1 heterocycles. The Balaban J connectivity index is 1.34. The lowest BCUT2D eigenvalue weighted by atomic mass is 10.2. The van der Waals surface area contributed by atoms with Gasteiger partial charge in [-0.1, -0.05) is 48.0 Å². The molecule has 1 fully saturated rings. The summed E-state index contributed by atoms with van der Waals surface area (Å²) >= 11 is 0.814. The molecule has 0 unspecified atom stereocenters. The summed E-state index contributed by atoms with van der Waals surface area (Å²) in [7, 11) is 0. The predicted molar refractivity (Wildman–Crippen MR) is 130 cm³/mol. The van der Waals surface area contributed by atoms with Crippen LogP contribution in [0.2, 0.25) is 0 Å². The highest BCUT2D eigenvalue weighted by Gasteiger charge is 2.35. The fraction of sp³-hybridized carbons (Fsp3) is 0.115. The van der Waals surface area contributed by atoms with Gasteiger partial charge in [-0.2, -0.15) is 0 Å². The van der Waals surface area contributed by atoms with E-state index in [1.54, 1.807) is 48.5 Å². The van der Waals surface area contributed by atoms with Gasteiger partial charge in [0.05, 0.1) is 11.4 Å². The summed E-state index contributed by atoms with van der Waals surface area (Å²) in [6.07, 6.45) is 1.60. The smallest absolute Gasteiger partial charge is 0.293 e. The maximum atomic E-state index is 13.9. The summed E-state index contributed by atoms with van der Waals surface area (Å²) < 4.78 is 19.4. The van der Waals surface area contributed by atoms with Gasteiger partial charge >= 0.3 is 0 Å². The molecule has 1 N–H and O–H groups in total. The minimum Gasteiger partial charge on any atom is -0.484 e. The number of anilines is 1. The lowest BCUT2D eigenvalue weighted by Gasteiger charge is -2.12. The van der Waals surface area contributed by atoms with Gasteiger partial charge in [-0.05, 0) is 60.7 Å². The fourth-order valence-electron chi connectivity index (χ4n) is 3.23. The average molecular weight is 477 g/mol. The molecule has 0 aliphatic carbocycles. The van der Waals surface area contributed by atoms with Crippen LogP contribution in [0.3, 0.4) is 0 Å². The normalized spacial score (nSPS) is 14.5. The van der Waals surface area contributed by atoms with Crippen LogP contribution < -0.4 is 10.1 Å². The SMILES string of the molecule is Cc1ccc(NC(=O)COc2ccc(/C=C3/SC(=O)N(Cc4ccccc4F)C3=O)cc2)cc1. The summed E-state index contributed by atoms with van der Waals surface area (Å²) in [5.41, 5.74) is 2.76. The van der Waals surface area contributed by atoms with Crippen LogP contribution in [0, 0.1) is 12.7 Å². The highest BCUT2D eigenvalue weighted by atomic mass is 32.2. The zero-order valence-electron chi connectivity index (χ0n) is 18.3. The number of imide groups is 1. The van der Waals surface area contributed by atoms with E-state index >= 15 is 0 Å². The van der Waals surface area contributed by atoms with Crippen molar-refractivity contribution in [1.82, 2.24) is 4.90 Å². The first kappa shape index (κ1) is 23.3. The van der Waals surface area contributed by atoms with Crippen LogP contribution in [0.5, 0.6) is 5.75 Å². The number of thioether (sulfide) groups is 1. The second-order valence-corrected chi connectivity index (χ2v) is 8.62. The molecular formula is C26H21FN2O4S. The summed E-state index contributed by atoms with van der Waals surface area (Å²) in [5.74, 6) is -0.722. The van der Waals surface area contributed by atoms with E-state index in [0.29, 0.717) is 17.0 Å². The van der Waals surface area contributed by atoms with Gasteiger partial charge in [0, 0.05) is 11.3 Å². The average Bonchev–Trinajstić information content (AvgIpc) is 3.09. The third-order valence-electron chi connectivity index (χ3n) is 5.04. The molecule has 34 heavy (non-hydrogen) atoms. The lowest BCUT2D eigenvalue weighted by Crippen LogP contribution is -2.27. The molecule has 172 valence electrons. The highest BCUT2D eigenvalue weighted by molar-refractivity contribution is 8.18. The molecule has 1 aliphatic heterocycles. The first-order valence-electron chi connectivity index (χ1n) is 10.5. The van der Waals surface area contributed by atoms with Crippen molar-refractivity contribution < 1.29 is 23.5 Å². The molecule has 0 saturated carbocycles. The molecule has 3 aromatic rings. The number of hydrogen-bond donors (Lipinski definition) is 1. The van der Waals surface area contributed by atoms with Crippen molar-refractivity contribution in [2.45, 2.75) is 13.5 Å². The maximum absolute atomic E-state index is 13.9. The van der Waals surface area contributed by atoms with E-state index in [9.17, 15) is 18.8 Å². The molecule has 4 rings (SSSR count). The Bertz CT molecular complexity index is 1260. The Morgan fingerprint density at radius 1 is 1.03 bits per heavy atom. The molecule has 3 aromatic carbocycles. The predicted octanol–water partition coefficient (Wildman–Crippen LogP) is 5.39. The largest absolute Gasteiger partial charge is 0.484 e. The molecule has 3 amide bonds. The molecule has 8 heteroatoms. The number of carbonyl (C=O) groups excluding carboxylic acids is 3. The van der Waals surface area contributed by atoms with E-state index < -0.39 is 17.0 Å². The van der Waals surface area contributed by atoms with E-state index in [1.165, 1.54) is 6.07 Å². The monoisotopic (exact) mass is 476 g/mol. The molecule has 0 spiro atoms. The van der Waals surface area contributed by atoms with Gasteiger partial charge in [-0.3, -0.25) is 19.3 Å². The number of nitrogens with one attached hydrogen (secondary N) is 1. The number of aryl methyl sites for hydroxylation is 1. The summed E-state index contributed by atoms with van der Waals surface area (Å²) in [4.78, 5) is 38.3. The van der Waals surface area contributed by atoms with Crippen LogP contribution in [0.15, 0.2) is 77.7 Å². The van der Waals surface area contributed by atoms with Crippen molar-refractivity contribution in [1.29, 1.82) is 0 Å². The third-order valence-corrected chi connectivity index (χ3v) is 5.95. The fourth-order valence-corrected chi connectivity index (χ4v) is 4.07. The van der Waals surface area contributed by atoms with Gasteiger partial charge in [0.15, 0.2) is 6.61 Å². The molecule has 1 saturated heterocycles. The second kappa shape index (κ2) is 10.4. The Hall–Kier alpha value is -3.91. The van der Waals surface area contributed by atoms with Crippen molar-refractivity contribution in [3.05, 3.63) is 100 Å². The minimum absolute atomic E-state index is 0.119. The van der Waals surface area contributed by atoms with E-state index in [2.05, 4.69) is 5.32 Å². The van der Waals surface area contributed by atoms with Gasteiger partial charge in [0.2, 0.25) is 0 Å². The first-order chi connectivity index (χ1) is 16.4. The molecular weight excluding hydrogens is 455 g/mol. The zero-order valence-corrected chi connectivity index (χ0v) is 19.1. The van der Waals surface area contributed by atoms with E-state index in [1.807, 2.05) is 31.2 Å². The van der Waals surface area contributed by atoms with Crippen LogP contribution in [-0.4, -0.2) is 28.6 Å². The van der Waals surface area contributed by atoms with Crippen molar-refractivity contribution in [3.63, 3.8) is 0 Å². The topological polar surface area (TPSA) is 75.7 Å². The van der Waals surface area contributed by atoms with Gasteiger partial charge in [0.1, 0.15) is 11.6 Å². The maximum Gasteiger partial charge on any atom is 0.293 e. The number of ether oxygens (including phenoxy) is 1. The second-order valence-electron chi connectivity index (χ2n) is 7.63. The van der Waals surface area contributed by atoms with Crippen LogP contribution in [0.25, 0.3) is 6.08 Å². The lowest BCUT2D eigenvalue weighted by molar-refractivity contribution is -0.123. The number of halogens is 1. The zero-order chi connectivity index (χ0) is 24.1. The van der Waals surface area contributed by atoms with Gasteiger partial charge in [-0.25, -0.2) is 4.39 Å². The standard InChI is InChI=1S/C26H21FN2O4S/c1-17-6-10-20(11-7-17)28-24(30)16-33-21-12-8-18(9-13-21)14-23-25(31)29(26(32)34-23)15-19-4-2-3-5-22(19)27/h2-14H,15-16H2,1H3,(H,28,30)/b23-14+. The van der Waals surface area contributed by atoms with Gasteiger partial charge in [-0.15, -0.1) is 0 Å². The Morgan fingerprint density at radius 3 is 2.44 bits per heavy atom. The Labute approximate surface area is 200 Å². The van der Waals surface area contributed by atoms with Crippen LogP contribution in [0.1, 0.15) is 16.7 Å². The summed E-state index contributed by atoms with van der Waals surface area (Å²) in [6.45, 7) is 1.70. The molecule has 1 aliphatic rings. The molecule has 0 radical (unpaired) electrons. The number of benzene rings is 3. The van der Waals surface area contributed by atoms with Crippen molar-refractivity contribution in [2.24, 2.45) is 0 Å².